The average Bonchev–Trinajstić information content (AvgIpc) is 3.04. The summed E-state index contributed by atoms with van der Waals surface area (Å²) in [5.74, 6) is -0.463. The Morgan fingerprint density at radius 2 is 1.90 bits per heavy atom. The van der Waals surface area contributed by atoms with Crippen molar-refractivity contribution in [2.24, 2.45) is 0 Å². The summed E-state index contributed by atoms with van der Waals surface area (Å²) in [7, 11) is 0. The van der Waals surface area contributed by atoms with Crippen LogP contribution in [0, 0.1) is 18.6 Å². The summed E-state index contributed by atoms with van der Waals surface area (Å²) in [4.78, 5) is 15.4. The Labute approximate surface area is 174 Å². The lowest BCUT2D eigenvalue weighted by Crippen LogP contribution is -2.39. The minimum absolute atomic E-state index is 0.0676. The van der Waals surface area contributed by atoms with E-state index in [1.54, 1.807) is 18.2 Å². The van der Waals surface area contributed by atoms with Crippen molar-refractivity contribution < 1.29 is 18.3 Å². The van der Waals surface area contributed by atoms with Crippen LogP contribution in [0.5, 0.6) is 0 Å². The van der Waals surface area contributed by atoms with Crippen LogP contribution in [0.3, 0.4) is 0 Å². The molecule has 1 aliphatic rings. The molecule has 4 nitrogen and oxygen atoms in total. The number of aromatic amines is 1. The molecule has 6 heteroatoms. The number of halogens is 2. The van der Waals surface area contributed by atoms with Crippen LogP contribution in [0.1, 0.15) is 50.2 Å². The minimum Gasteiger partial charge on any atom is -0.446 e. The van der Waals surface area contributed by atoms with E-state index in [0.29, 0.717) is 12.8 Å². The Bertz CT molecular complexity index is 1070. The number of aromatic nitrogens is 1. The first-order chi connectivity index (χ1) is 14.4. The standard InChI is InChI=1S/C24H26F2N2O2/c1-4-14(3)27-24(29)30-19-10-16(11-19)21-20-12-18(26)9-13(2)22(20)28-23(21)15-5-7-17(25)8-6-15/h5-9,12,14,16,19,28H,4,10-11H2,1-3H3,(H,27,29). The molecule has 1 heterocycles. The third kappa shape index (κ3) is 3.91. The number of ether oxygens (including phenoxy) is 1. The van der Waals surface area contributed by atoms with Gasteiger partial charge in [0.1, 0.15) is 17.7 Å². The van der Waals surface area contributed by atoms with Gasteiger partial charge in [-0.25, -0.2) is 13.6 Å². The van der Waals surface area contributed by atoms with Crippen LogP contribution in [0.4, 0.5) is 13.6 Å². The smallest absolute Gasteiger partial charge is 0.407 e. The number of aryl methyl sites for hydroxylation is 1. The van der Waals surface area contributed by atoms with Crippen molar-refractivity contribution in [1.82, 2.24) is 10.3 Å². The van der Waals surface area contributed by atoms with Crippen molar-refractivity contribution in [3.8, 4) is 11.3 Å². The van der Waals surface area contributed by atoms with Crippen LogP contribution in [0.25, 0.3) is 22.2 Å². The van der Waals surface area contributed by atoms with E-state index in [1.165, 1.54) is 18.2 Å². The highest BCUT2D eigenvalue weighted by Gasteiger charge is 2.37. The summed E-state index contributed by atoms with van der Waals surface area (Å²) < 4.78 is 33.1. The molecule has 1 fully saturated rings. The van der Waals surface area contributed by atoms with Crippen molar-refractivity contribution in [2.45, 2.75) is 58.1 Å². The largest absolute Gasteiger partial charge is 0.446 e. The molecule has 30 heavy (non-hydrogen) atoms. The Morgan fingerprint density at radius 1 is 1.20 bits per heavy atom. The minimum atomic E-state index is -0.396. The average molecular weight is 412 g/mol. The van der Waals surface area contributed by atoms with Gasteiger partial charge in [0.15, 0.2) is 0 Å². The first-order valence-electron chi connectivity index (χ1n) is 10.4. The number of alkyl carbamates (subject to hydrolysis) is 1. The zero-order chi connectivity index (χ0) is 21.4. The molecule has 1 amide bonds. The number of nitrogens with one attached hydrogen (secondary N) is 2. The van der Waals surface area contributed by atoms with Gasteiger partial charge in [-0.3, -0.25) is 0 Å². The van der Waals surface area contributed by atoms with Crippen LogP contribution < -0.4 is 5.32 Å². The van der Waals surface area contributed by atoms with Crippen molar-refractivity contribution in [1.29, 1.82) is 0 Å². The van der Waals surface area contributed by atoms with Gasteiger partial charge < -0.3 is 15.0 Å². The molecular weight excluding hydrogens is 386 g/mol. The number of H-pyrrole nitrogens is 1. The Hall–Kier alpha value is -2.89. The van der Waals surface area contributed by atoms with E-state index in [9.17, 15) is 13.6 Å². The van der Waals surface area contributed by atoms with Crippen molar-refractivity contribution in [2.75, 3.05) is 0 Å². The van der Waals surface area contributed by atoms with Gasteiger partial charge in [0.05, 0.1) is 0 Å². The van der Waals surface area contributed by atoms with Crippen LogP contribution in [-0.4, -0.2) is 23.2 Å². The molecule has 158 valence electrons. The van der Waals surface area contributed by atoms with E-state index in [2.05, 4.69) is 10.3 Å². The van der Waals surface area contributed by atoms with E-state index < -0.39 is 6.09 Å². The fourth-order valence-corrected chi connectivity index (χ4v) is 4.10. The number of hydrogen-bond donors (Lipinski definition) is 2. The number of carbonyl (C=O) groups excluding carboxylic acids is 1. The van der Waals surface area contributed by atoms with Crippen LogP contribution in [0.2, 0.25) is 0 Å². The SMILES string of the molecule is CCC(C)NC(=O)OC1CC(c2c(-c3ccc(F)cc3)[nH]c3c(C)cc(F)cc23)C1. The van der Waals surface area contributed by atoms with Gasteiger partial charge >= 0.3 is 6.09 Å². The predicted octanol–water partition coefficient (Wildman–Crippen LogP) is 6.19. The molecule has 0 spiro atoms. The number of carbonyl (C=O) groups is 1. The Morgan fingerprint density at radius 3 is 2.57 bits per heavy atom. The van der Waals surface area contributed by atoms with Gasteiger partial charge in [-0.1, -0.05) is 6.92 Å². The van der Waals surface area contributed by atoms with Gasteiger partial charge in [0, 0.05) is 22.6 Å². The fourth-order valence-electron chi connectivity index (χ4n) is 4.10. The predicted molar refractivity (Wildman–Crippen MR) is 114 cm³/mol. The molecule has 0 radical (unpaired) electrons. The Balaban J connectivity index is 1.63. The molecule has 1 aromatic heterocycles. The molecule has 1 unspecified atom stereocenters. The van der Waals surface area contributed by atoms with Gasteiger partial charge in [0.25, 0.3) is 0 Å². The molecule has 0 bridgehead atoms. The number of benzene rings is 2. The van der Waals surface area contributed by atoms with Crippen molar-refractivity contribution in [3.05, 3.63) is 59.2 Å². The highest BCUT2D eigenvalue weighted by Crippen LogP contribution is 2.46. The maximum absolute atomic E-state index is 14.2. The second-order valence-corrected chi connectivity index (χ2v) is 8.22. The molecule has 1 aliphatic carbocycles. The fraction of sp³-hybridized carbons (Fsp3) is 0.375. The zero-order valence-corrected chi connectivity index (χ0v) is 17.4. The van der Waals surface area contributed by atoms with Gasteiger partial charge in [-0.2, -0.15) is 0 Å². The zero-order valence-electron chi connectivity index (χ0n) is 17.4. The summed E-state index contributed by atoms with van der Waals surface area (Å²) in [6.45, 7) is 5.80. The van der Waals surface area contributed by atoms with Gasteiger partial charge in [0.2, 0.25) is 0 Å². The number of hydrogen-bond acceptors (Lipinski definition) is 2. The molecule has 2 N–H and O–H groups in total. The number of rotatable bonds is 5. The second kappa shape index (κ2) is 8.09. The summed E-state index contributed by atoms with van der Waals surface area (Å²) in [6.07, 6.45) is 1.62. The highest BCUT2D eigenvalue weighted by atomic mass is 19.1. The molecular formula is C24H26F2N2O2. The van der Waals surface area contributed by atoms with E-state index in [0.717, 1.165) is 39.7 Å². The first-order valence-corrected chi connectivity index (χ1v) is 10.4. The van der Waals surface area contributed by atoms with Gasteiger partial charge in [-0.15, -0.1) is 0 Å². The third-order valence-corrected chi connectivity index (χ3v) is 6.00. The highest BCUT2D eigenvalue weighted by molar-refractivity contribution is 5.93. The Kier molecular flexibility index (Phi) is 5.50. The molecule has 2 aromatic carbocycles. The van der Waals surface area contributed by atoms with Crippen LogP contribution in [-0.2, 0) is 4.74 Å². The molecule has 0 saturated heterocycles. The third-order valence-electron chi connectivity index (χ3n) is 6.00. The lowest BCUT2D eigenvalue weighted by atomic mass is 9.75. The van der Waals surface area contributed by atoms with Crippen LogP contribution in [0.15, 0.2) is 36.4 Å². The second-order valence-electron chi connectivity index (χ2n) is 8.22. The number of amides is 1. The number of fused-ring (bicyclic) bond motifs is 1. The molecule has 3 aromatic rings. The maximum atomic E-state index is 14.2. The molecule has 1 atom stereocenters. The quantitative estimate of drug-likeness (QED) is 0.525. The van der Waals surface area contributed by atoms with E-state index in [-0.39, 0.29) is 29.7 Å². The summed E-state index contributed by atoms with van der Waals surface area (Å²) >= 11 is 0. The summed E-state index contributed by atoms with van der Waals surface area (Å²) in [5.41, 5.74) is 4.41. The van der Waals surface area contributed by atoms with E-state index >= 15 is 0 Å². The molecule has 1 saturated carbocycles. The van der Waals surface area contributed by atoms with Crippen molar-refractivity contribution >= 4 is 17.0 Å². The summed E-state index contributed by atoms with van der Waals surface area (Å²) in [5, 5.41) is 3.65. The maximum Gasteiger partial charge on any atom is 0.407 e. The molecule has 4 rings (SSSR count). The van der Waals surface area contributed by atoms with Gasteiger partial charge in [-0.05, 0) is 92.1 Å². The van der Waals surface area contributed by atoms with E-state index in [1.807, 2.05) is 20.8 Å². The lowest BCUT2D eigenvalue weighted by Gasteiger charge is -2.35. The van der Waals surface area contributed by atoms with Crippen LogP contribution >= 0.6 is 0 Å². The van der Waals surface area contributed by atoms with Crippen molar-refractivity contribution in [3.63, 3.8) is 0 Å². The monoisotopic (exact) mass is 412 g/mol. The first kappa shape index (κ1) is 20.4. The van der Waals surface area contributed by atoms with E-state index in [4.69, 9.17) is 4.74 Å². The lowest BCUT2D eigenvalue weighted by molar-refractivity contribution is 0.0383. The normalized spacial score (nSPS) is 19.4. The summed E-state index contributed by atoms with van der Waals surface area (Å²) in [6, 6.07) is 9.41. The topological polar surface area (TPSA) is 54.1 Å². The molecule has 0 aliphatic heterocycles.